The van der Waals surface area contributed by atoms with Crippen molar-refractivity contribution in [2.45, 2.75) is 26.3 Å². The van der Waals surface area contributed by atoms with E-state index in [9.17, 15) is 4.79 Å². The molecule has 1 aliphatic heterocycles. The zero-order valence-electron chi connectivity index (χ0n) is 11.5. The van der Waals surface area contributed by atoms with Crippen molar-refractivity contribution in [1.29, 1.82) is 0 Å². The Morgan fingerprint density at radius 1 is 1.42 bits per heavy atom. The van der Waals surface area contributed by atoms with Crippen LogP contribution in [0.5, 0.6) is 0 Å². The molecule has 1 N–H and O–H groups in total. The van der Waals surface area contributed by atoms with Gasteiger partial charge in [-0.15, -0.1) is 0 Å². The molecule has 1 saturated heterocycles. The quantitative estimate of drug-likeness (QED) is 0.845. The molecule has 6 nitrogen and oxygen atoms in total. The SMILES string of the molecule is COCC(=O)NCc1nc(C)cc(N2CCCC2)n1. The highest BCUT2D eigenvalue weighted by atomic mass is 16.5. The summed E-state index contributed by atoms with van der Waals surface area (Å²) in [4.78, 5) is 22.5. The second kappa shape index (κ2) is 6.47. The number of aryl methyl sites for hydroxylation is 1. The third-order valence-electron chi connectivity index (χ3n) is 3.04. The van der Waals surface area contributed by atoms with Gasteiger partial charge in [-0.3, -0.25) is 4.79 Å². The maximum atomic E-state index is 11.3. The molecule has 19 heavy (non-hydrogen) atoms. The van der Waals surface area contributed by atoms with Crippen LogP contribution in [0.1, 0.15) is 24.4 Å². The summed E-state index contributed by atoms with van der Waals surface area (Å²) >= 11 is 0. The molecule has 0 bridgehead atoms. The van der Waals surface area contributed by atoms with Gasteiger partial charge in [0.2, 0.25) is 5.91 Å². The van der Waals surface area contributed by atoms with E-state index in [1.54, 1.807) is 0 Å². The van der Waals surface area contributed by atoms with Crippen molar-refractivity contribution in [2.24, 2.45) is 0 Å². The molecule has 0 aromatic carbocycles. The van der Waals surface area contributed by atoms with E-state index in [0.29, 0.717) is 12.4 Å². The second-order valence-corrected chi connectivity index (χ2v) is 4.69. The molecule has 0 aliphatic carbocycles. The molecule has 1 aromatic heterocycles. The predicted octanol–water partition coefficient (Wildman–Crippen LogP) is 0.648. The molecule has 0 unspecified atom stereocenters. The minimum absolute atomic E-state index is 0.0603. The molecule has 1 aromatic rings. The predicted molar refractivity (Wildman–Crippen MR) is 71.9 cm³/mol. The zero-order chi connectivity index (χ0) is 13.7. The fourth-order valence-electron chi connectivity index (χ4n) is 2.16. The number of methoxy groups -OCH3 is 1. The number of anilines is 1. The van der Waals surface area contributed by atoms with Crippen LogP contribution in [0.2, 0.25) is 0 Å². The number of nitrogens with one attached hydrogen (secondary N) is 1. The Morgan fingerprint density at radius 2 is 2.16 bits per heavy atom. The van der Waals surface area contributed by atoms with Crippen molar-refractivity contribution in [3.05, 3.63) is 17.6 Å². The summed E-state index contributed by atoms with van der Waals surface area (Å²) in [5.74, 6) is 1.45. The van der Waals surface area contributed by atoms with Gasteiger partial charge in [-0.05, 0) is 19.8 Å². The van der Waals surface area contributed by atoms with Crippen LogP contribution in [0.3, 0.4) is 0 Å². The normalized spacial score (nSPS) is 14.7. The Hall–Kier alpha value is -1.69. The minimum atomic E-state index is -0.157. The highest BCUT2D eigenvalue weighted by Crippen LogP contribution is 2.18. The van der Waals surface area contributed by atoms with Crippen LogP contribution in [-0.4, -0.2) is 42.7 Å². The first-order valence-corrected chi connectivity index (χ1v) is 6.54. The summed E-state index contributed by atoms with van der Waals surface area (Å²) in [6, 6.07) is 1.99. The number of hydrogen-bond acceptors (Lipinski definition) is 5. The topological polar surface area (TPSA) is 67.3 Å². The average Bonchev–Trinajstić information content (AvgIpc) is 2.90. The summed E-state index contributed by atoms with van der Waals surface area (Å²) < 4.78 is 4.76. The van der Waals surface area contributed by atoms with E-state index in [1.165, 1.54) is 20.0 Å². The van der Waals surface area contributed by atoms with E-state index in [2.05, 4.69) is 20.2 Å². The third-order valence-corrected chi connectivity index (χ3v) is 3.04. The maximum absolute atomic E-state index is 11.3. The molecule has 1 fully saturated rings. The molecular formula is C13H20N4O2. The Balaban J connectivity index is 2.02. The summed E-state index contributed by atoms with van der Waals surface area (Å²) in [5.41, 5.74) is 0.924. The van der Waals surface area contributed by atoms with Crippen LogP contribution >= 0.6 is 0 Å². The van der Waals surface area contributed by atoms with E-state index in [-0.39, 0.29) is 12.5 Å². The summed E-state index contributed by atoms with van der Waals surface area (Å²) in [7, 11) is 1.49. The number of amides is 1. The Morgan fingerprint density at radius 3 is 2.84 bits per heavy atom. The van der Waals surface area contributed by atoms with Gasteiger partial charge in [-0.2, -0.15) is 0 Å². The number of nitrogens with zero attached hydrogens (tertiary/aromatic N) is 3. The molecule has 6 heteroatoms. The van der Waals surface area contributed by atoms with Crippen molar-refractivity contribution in [3.8, 4) is 0 Å². The van der Waals surface area contributed by atoms with Gasteiger partial charge in [0.1, 0.15) is 18.2 Å². The van der Waals surface area contributed by atoms with E-state index in [1.807, 2.05) is 13.0 Å². The highest BCUT2D eigenvalue weighted by Gasteiger charge is 2.15. The Bertz CT molecular complexity index is 444. The lowest BCUT2D eigenvalue weighted by Crippen LogP contribution is -2.28. The van der Waals surface area contributed by atoms with Crippen LogP contribution in [-0.2, 0) is 16.1 Å². The number of hydrogen-bond donors (Lipinski definition) is 1. The Kier molecular flexibility index (Phi) is 4.68. The molecule has 1 aliphatic rings. The van der Waals surface area contributed by atoms with Gasteiger partial charge in [0.15, 0.2) is 0 Å². The smallest absolute Gasteiger partial charge is 0.246 e. The highest BCUT2D eigenvalue weighted by molar-refractivity contribution is 5.77. The van der Waals surface area contributed by atoms with Gasteiger partial charge in [0.05, 0.1) is 6.54 Å². The average molecular weight is 264 g/mol. The van der Waals surface area contributed by atoms with Gasteiger partial charge >= 0.3 is 0 Å². The van der Waals surface area contributed by atoms with Crippen molar-refractivity contribution in [2.75, 3.05) is 31.7 Å². The minimum Gasteiger partial charge on any atom is -0.375 e. The summed E-state index contributed by atoms with van der Waals surface area (Å²) in [5, 5.41) is 2.74. The standard InChI is InChI=1S/C13H20N4O2/c1-10-7-12(17-5-3-4-6-17)16-11(15-10)8-14-13(18)9-19-2/h7H,3-6,8-9H2,1-2H3,(H,14,18). The summed E-state index contributed by atoms with van der Waals surface area (Å²) in [6.07, 6.45) is 2.42. The molecule has 1 amide bonds. The van der Waals surface area contributed by atoms with E-state index >= 15 is 0 Å². The lowest BCUT2D eigenvalue weighted by atomic mass is 10.4. The molecule has 104 valence electrons. The first-order chi connectivity index (χ1) is 9.19. The van der Waals surface area contributed by atoms with Crippen LogP contribution in [0.25, 0.3) is 0 Å². The van der Waals surface area contributed by atoms with Crippen molar-refractivity contribution in [1.82, 2.24) is 15.3 Å². The maximum Gasteiger partial charge on any atom is 0.246 e. The second-order valence-electron chi connectivity index (χ2n) is 4.69. The molecule has 0 radical (unpaired) electrons. The van der Waals surface area contributed by atoms with Crippen LogP contribution < -0.4 is 10.2 Å². The van der Waals surface area contributed by atoms with E-state index in [0.717, 1.165) is 24.6 Å². The molecule has 2 heterocycles. The lowest BCUT2D eigenvalue weighted by molar-refractivity contribution is -0.124. The third kappa shape index (κ3) is 3.89. The molecule has 0 saturated carbocycles. The largest absolute Gasteiger partial charge is 0.375 e. The van der Waals surface area contributed by atoms with Crippen molar-refractivity contribution in [3.63, 3.8) is 0 Å². The van der Waals surface area contributed by atoms with Crippen LogP contribution in [0, 0.1) is 6.92 Å². The number of rotatable bonds is 5. The van der Waals surface area contributed by atoms with Crippen molar-refractivity contribution >= 4 is 11.7 Å². The monoisotopic (exact) mass is 264 g/mol. The Labute approximate surface area is 113 Å². The van der Waals surface area contributed by atoms with E-state index in [4.69, 9.17) is 4.74 Å². The van der Waals surface area contributed by atoms with Crippen LogP contribution in [0.4, 0.5) is 5.82 Å². The van der Waals surface area contributed by atoms with E-state index < -0.39 is 0 Å². The van der Waals surface area contributed by atoms with Crippen molar-refractivity contribution < 1.29 is 9.53 Å². The number of carbonyl (C=O) groups excluding carboxylic acids is 1. The van der Waals surface area contributed by atoms with Gasteiger partial charge in [-0.25, -0.2) is 9.97 Å². The summed E-state index contributed by atoms with van der Waals surface area (Å²) in [6.45, 7) is 4.44. The molecule has 0 atom stereocenters. The fraction of sp³-hybridized carbons (Fsp3) is 0.615. The molecule has 2 rings (SSSR count). The first-order valence-electron chi connectivity index (χ1n) is 6.54. The lowest BCUT2D eigenvalue weighted by Gasteiger charge is -2.17. The number of ether oxygens (including phenoxy) is 1. The van der Waals surface area contributed by atoms with Gasteiger partial charge in [0.25, 0.3) is 0 Å². The number of aromatic nitrogens is 2. The first kappa shape index (κ1) is 13.7. The van der Waals surface area contributed by atoms with Crippen LogP contribution in [0.15, 0.2) is 6.07 Å². The van der Waals surface area contributed by atoms with Gasteiger partial charge < -0.3 is 15.0 Å². The molecule has 0 spiro atoms. The fourth-order valence-corrected chi connectivity index (χ4v) is 2.16. The zero-order valence-corrected chi connectivity index (χ0v) is 11.5. The van der Waals surface area contributed by atoms with Gasteiger partial charge in [-0.1, -0.05) is 0 Å². The van der Waals surface area contributed by atoms with Gasteiger partial charge in [0, 0.05) is 32.0 Å². The molecular weight excluding hydrogens is 244 g/mol. The number of carbonyl (C=O) groups is 1.